The van der Waals surface area contributed by atoms with Gasteiger partial charge in [-0.05, 0) is 0 Å². The van der Waals surface area contributed by atoms with Crippen molar-refractivity contribution in [1.82, 2.24) is 0 Å². The molecule has 0 nitrogen and oxygen atoms in total. The Morgan fingerprint density at radius 1 is 1.44 bits per heavy atom. The molecule has 2 aliphatic rings. The molecule has 0 aromatic carbocycles. The van der Waals surface area contributed by atoms with Crippen molar-refractivity contribution in [3.63, 3.8) is 0 Å². The molecule has 2 rings (SSSR count). The van der Waals surface area contributed by atoms with Crippen LogP contribution in [-0.2, 0) is 16.1 Å². The van der Waals surface area contributed by atoms with E-state index in [9.17, 15) is 0 Å². The van der Waals surface area contributed by atoms with Crippen LogP contribution in [0.2, 0.25) is 4.01 Å². The first-order chi connectivity index (χ1) is 4.35. The molecular weight excluding hydrogens is 221 g/mol. The third-order valence-corrected chi connectivity index (χ3v) is 4.92. The van der Waals surface area contributed by atoms with Gasteiger partial charge in [0.2, 0.25) is 0 Å². The van der Waals surface area contributed by atoms with Crippen molar-refractivity contribution >= 4 is 9.69 Å². The van der Waals surface area contributed by atoms with Crippen molar-refractivity contribution in [2.75, 3.05) is 0 Å². The quantitative estimate of drug-likeness (QED) is 0.477. The van der Waals surface area contributed by atoms with E-state index in [1.54, 1.807) is 0 Å². The fraction of sp³-hybridized carbons (Fsp3) is 0.429. The molecule has 0 saturated carbocycles. The third-order valence-electron chi connectivity index (χ3n) is 1.90. The van der Waals surface area contributed by atoms with Crippen molar-refractivity contribution < 1.29 is 16.1 Å². The topological polar surface area (TPSA) is 0 Å². The molecule has 0 N–H and O–H groups in total. The van der Waals surface area contributed by atoms with E-state index in [4.69, 9.17) is 9.69 Å². The first-order valence-corrected chi connectivity index (χ1v) is 6.09. The van der Waals surface area contributed by atoms with Gasteiger partial charge in [-0.25, -0.2) is 0 Å². The van der Waals surface area contributed by atoms with E-state index >= 15 is 0 Å². The fourth-order valence-corrected chi connectivity index (χ4v) is 3.33. The first kappa shape index (κ1) is 6.13. The van der Waals surface area contributed by atoms with Crippen molar-refractivity contribution in [1.29, 1.82) is 0 Å². The Morgan fingerprint density at radius 3 is 2.33 bits per heavy atom. The molecular formula is C7H7ClRu. The molecule has 0 saturated heterocycles. The Morgan fingerprint density at radius 2 is 2.11 bits per heavy atom. The summed E-state index contributed by atoms with van der Waals surface area (Å²) in [6.07, 6.45) is 10.4. The molecule has 50 valence electrons. The second-order valence-electron chi connectivity index (χ2n) is 2.56. The maximum atomic E-state index is 5.88. The summed E-state index contributed by atoms with van der Waals surface area (Å²) in [4.78, 5) is 0. The fourth-order valence-electron chi connectivity index (χ4n) is 1.38. The average molecular weight is 228 g/mol. The van der Waals surface area contributed by atoms with Gasteiger partial charge in [0.25, 0.3) is 0 Å². The summed E-state index contributed by atoms with van der Waals surface area (Å²) in [6, 6.07) is 0. The van der Waals surface area contributed by atoms with Gasteiger partial charge in [0.05, 0.1) is 0 Å². The first-order valence-electron chi connectivity index (χ1n) is 2.98. The van der Waals surface area contributed by atoms with E-state index in [2.05, 4.69) is 24.3 Å². The van der Waals surface area contributed by atoms with Gasteiger partial charge in [-0.2, -0.15) is 0 Å². The van der Waals surface area contributed by atoms with Gasteiger partial charge in [-0.3, -0.25) is 0 Å². The van der Waals surface area contributed by atoms with Crippen LogP contribution in [0.3, 0.4) is 0 Å². The zero-order valence-corrected chi connectivity index (χ0v) is 7.32. The van der Waals surface area contributed by atoms with E-state index in [1.807, 2.05) is 0 Å². The van der Waals surface area contributed by atoms with Crippen molar-refractivity contribution in [2.45, 2.75) is 10.4 Å². The zero-order chi connectivity index (χ0) is 6.32. The standard InChI is InChI=1S/C7H7.ClH.Ru/c1-2-7-4-3-6(1)5-7;;/h1-4,6H,5H2;1H;/q;;+1/p-1. The van der Waals surface area contributed by atoms with Crippen LogP contribution in [0.25, 0.3) is 0 Å². The predicted octanol–water partition coefficient (Wildman–Crippen LogP) is 2.53. The van der Waals surface area contributed by atoms with Gasteiger partial charge in [-0.1, -0.05) is 0 Å². The molecule has 0 atom stereocenters. The number of hydrogen-bond acceptors (Lipinski definition) is 0. The second kappa shape index (κ2) is 1.94. The summed E-state index contributed by atoms with van der Waals surface area (Å²) in [5, 5.41) is 0. The summed E-state index contributed by atoms with van der Waals surface area (Å²) in [6.45, 7) is 0. The normalized spacial score (nSPS) is 45.2. The van der Waals surface area contributed by atoms with E-state index in [0.29, 0.717) is 4.01 Å². The zero-order valence-electron chi connectivity index (χ0n) is 4.83. The minimum absolute atomic E-state index is 0.0190. The van der Waals surface area contributed by atoms with Crippen LogP contribution in [-0.4, -0.2) is 0 Å². The van der Waals surface area contributed by atoms with Gasteiger partial charge in [0.1, 0.15) is 0 Å². The molecule has 0 aliphatic heterocycles. The summed E-state index contributed by atoms with van der Waals surface area (Å²) in [5.74, 6) is 0.720. The van der Waals surface area contributed by atoms with E-state index in [-0.39, 0.29) is 16.1 Å². The molecule has 0 aromatic rings. The molecule has 9 heavy (non-hydrogen) atoms. The number of allylic oxidation sites excluding steroid dienone is 4. The van der Waals surface area contributed by atoms with Crippen LogP contribution in [0.1, 0.15) is 6.42 Å². The van der Waals surface area contributed by atoms with Gasteiger partial charge < -0.3 is 0 Å². The number of fused-ring (bicyclic) bond motifs is 2. The molecule has 0 amide bonds. The molecule has 0 aromatic heterocycles. The van der Waals surface area contributed by atoms with Crippen molar-refractivity contribution in [2.24, 2.45) is 5.92 Å². The van der Waals surface area contributed by atoms with Crippen LogP contribution in [0.4, 0.5) is 0 Å². The van der Waals surface area contributed by atoms with Gasteiger partial charge in [-0.15, -0.1) is 0 Å². The summed E-state index contributed by atoms with van der Waals surface area (Å²) < 4.78 is 0.346. The van der Waals surface area contributed by atoms with Crippen LogP contribution in [0.5, 0.6) is 0 Å². The average Bonchev–Trinajstić information content (AvgIpc) is 2.46. The van der Waals surface area contributed by atoms with Gasteiger partial charge in [0.15, 0.2) is 0 Å². The maximum absolute atomic E-state index is 5.88. The summed E-state index contributed by atoms with van der Waals surface area (Å²) in [5.41, 5.74) is 0. The molecule has 0 fully saturated rings. The Labute approximate surface area is 66.6 Å². The number of hydrogen-bond donors (Lipinski definition) is 0. The van der Waals surface area contributed by atoms with Crippen molar-refractivity contribution in [3.05, 3.63) is 24.3 Å². The molecule has 0 heterocycles. The number of rotatable bonds is 1. The van der Waals surface area contributed by atoms with Crippen LogP contribution in [0, 0.1) is 5.92 Å². The SMILES string of the molecule is [Cl][Ru][C]12C=CC(C=C1)C2. The summed E-state index contributed by atoms with van der Waals surface area (Å²) in [7, 11) is 5.88. The predicted molar refractivity (Wildman–Crippen MR) is 34.9 cm³/mol. The molecule has 2 bridgehead atoms. The van der Waals surface area contributed by atoms with Crippen molar-refractivity contribution in [3.8, 4) is 0 Å². The van der Waals surface area contributed by atoms with Crippen LogP contribution < -0.4 is 0 Å². The molecule has 2 aliphatic carbocycles. The van der Waals surface area contributed by atoms with Gasteiger partial charge in [0, 0.05) is 0 Å². The molecule has 0 unspecified atom stereocenters. The van der Waals surface area contributed by atoms with E-state index in [0.717, 1.165) is 5.92 Å². The Hall–Kier alpha value is 0.393. The van der Waals surface area contributed by atoms with Crippen LogP contribution >= 0.6 is 9.69 Å². The van der Waals surface area contributed by atoms with Gasteiger partial charge >= 0.3 is 66.5 Å². The van der Waals surface area contributed by atoms with E-state index in [1.165, 1.54) is 6.42 Å². The van der Waals surface area contributed by atoms with E-state index < -0.39 is 0 Å². The minimum atomic E-state index is 0.0190. The summed E-state index contributed by atoms with van der Waals surface area (Å²) >= 11 is 0.0190. The second-order valence-corrected chi connectivity index (χ2v) is 5.29. The molecule has 0 spiro atoms. The molecule has 0 radical (unpaired) electrons. The molecule has 2 heteroatoms. The Kier molecular flexibility index (Phi) is 1.32. The number of halogens is 1. The van der Waals surface area contributed by atoms with Crippen LogP contribution in [0.15, 0.2) is 24.3 Å². The Balaban J connectivity index is 2.32. The third kappa shape index (κ3) is 0.825. The Bertz CT molecular complexity index is 169. The monoisotopic (exact) mass is 228 g/mol.